The van der Waals surface area contributed by atoms with Crippen LogP contribution in [0.25, 0.3) is 22.2 Å². The average Bonchev–Trinajstić information content (AvgIpc) is 3.98. The van der Waals surface area contributed by atoms with Crippen LogP contribution in [0, 0.1) is 5.41 Å². The van der Waals surface area contributed by atoms with Crippen LogP contribution in [-0.2, 0) is 34.9 Å². The zero-order valence-corrected chi connectivity index (χ0v) is 35.8. The highest BCUT2D eigenvalue weighted by molar-refractivity contribution is 6.10. The highest BCUT2D eigenvalue weighted by Crippen LogP contribution is 2.40. The van der Waals surface area contributed by atoms with Crippen LogP contribution in [0.5, 0.6) is 0 Å². The van der Waals surface area contributed by atoms with E-state index in [1.54, 1.807) is 60.2 Å². The number of urea groups is 1. The Morgan fingerprint density at radius 1 is 0.984 bits per heavy atom. The second-order valence-corrected chi connectivity index (χ2v) is 16.7. The molecule has 5 N–H and O–H groups in total. The summed E-state index contributed by atoms with van der Waals surface area (Å²) in [7, 11) is 4.97. The SMILES string of the molecule is CNC(=O)N1CCC(NC2CCN(C(=O)CCCCNc3cccc4c3n(C)c(=O)n4C3CCC(=O)NC3=O)CC2)=C(C(=N)N2CCc3cc(-c4cnn(C)c4)c(C(F)F)cc32)C1. The number of benzene rings is 2. The van der Waals surface area contributed by atoms with Crippen LogP contribution in [-0.4, -0.2) is 111 Å². The van der Waals surface area contributed by atoms with Gasteiger partial charge < -0.3 is 30.7 Å². The van der Waals surface area contributed by atoms with E-state index in [1.165, 1.54) is 15.2 Å². The number of amides is 5. The topological polar surface area (TPSA) is 195 Å². The largest absolute Gasteiger partial charge is 0.385 e. The number of unbranched alkanes of at least 4 members (excludes halogenated alkanes) is 1. The van der Waals surface area contributed by atoms with Gasteiger partial charge in [-0.25, -0.2) is 18.4 Å². The molecule has 0 spiro atoms. The Hall–Kier alpha value is -6.53. The summed E-state index contributed by atoms with van der Waals surface area (Å²) in [6, 6.07) is 7.81. The molecule has 2 aromatic carbocycles. The minimum absolute atomic E-state index is 0.0458. The number of likely N-dealkylation sites (tertiary alicyclic amines) is 1. The number of alkyl halides is 2. The molecule has 334 valence electrons. The fourth-order valence-corrected chi connectivity index (χ4v) is 9.42. The maximum absolute atomic E-state index is 14.5. The molecule has 8 rings (SSSR count). The van der Waals surface area contributed by atoms with E-state index in [9.17, 15) is 38.2 Å². The molecule has 17 nitrogen and oxygen atoms in total. The van der Waals surface area contributed by atoms with Gasteiger partial charge in [0.05, 0.1) is 29.5 Å². The number of aryl methyl sites for hydroxylation is 2. The molecule has 0 bridgehead atoms. The molecule has 63 heavy (non-hydrogen) atoms. The maximum Gasteiger partial charge on any atom is 0.329 e. The molecule has 4 aliphatic rings. The van der Waals surface area contributed by atoms with Crippen LogP contribution < -0.4 is 31.9 Å². The molecule has 0 saturated carbocycles. The van der Waals surface area contributed by atoms with E-state index >= 15 is 0 Å². The van der Waals surface area contributed by atoms with Crippen LogP contribution in [0.4, 0.5) is 25.0 Å². The number of nitrogens with zero attached hydrogens (tertiary/aromatic N) is 7. The average molecular weight is 869 g/mol. The van der Waals surface area contributed by atoms with Crippen molar-refractivity contribution in [3.05, 3.63) is 75.6 Å². The molecule has 1 unspecified atom stereocenters. The van der Waals surface area contributed by atoms with Gasteiger partial charge >= 0.3 is 11.7 Å². The number of para-hydroxylation sites is 1. The second kappa shape index (κ2) is 18.1. The van der Waals surface area contributed by atoms with Gasteiger partial charge in [-0.2, -0.15) is 5.10 Å². The van der Waals surface area contributed by atoms with Crippen molar-refractivity contribution in [2.45, 2.75) is 76.3 Å². The summed E-state index contributed by atoms with van der Waals surface area (Å²) >= 11 is 0. The first-order valence-electron chi connectivity index (χ1n) is 21.6. The number of imide groups is 1. The van der Waals surface area contributed by atoms with E-state index < -0.39 is 18.4 Å². The van der Waals surface area contributed by atoms with Crippen LogP contribution in [0.3, 0.4) is 0 Å². The molecule has 0 radical (unpaired) electrons. The highest BCUT2D eigenvalue weighted by atomic mass is 19.3. The lowest BCUT2D eigenvalue weighted by Crippen LogP contribution is -2.49. The molecule has 1 atom stereocenters. The first kappa shape index (κ1) is 43.1. The Morgan fingerprint density at radius 2 is 1.78 bits per heavy atom. The Labute approximate surface area is 362 Å². The summed E-state index contributed by atoms with van der Waals surface area (Å²) in [6.45, 7) is 2.81. The van der Waals surface area contributed by atoms with E-state index in [2.05, 4.69) is 26.4 Å². The van der Waals surface area contributed by atoms with E-state index in [1.807, 2.05) is 17.0 Å². The number of fused-ring (bicyclic) bond motifs is 2. The van der Waals surface area contributed by atoms with Crippen molar-refractivity contribution in [1.82, 2.24) is 44.7 Å². The van der Waals surface area contributed by atoms with Gasteiger partial charge in [-0.05, 0) is 73.9 Å². The summed E-state index contributed by atoms with van der Waals surface area (Å²) in [6.07, 6.45) is 5.25. The third kappa shape index (κ3) is 8.64. The Bertz CT molecular complexity index is 2550. The molecular formula is C44H54F2N12O5. The molecule has 4 aliphatic heterocycles. The van der Waals surface area contributed by atoms with E-state index in [-0.39, 0.29) is 60.4 Å². The van der Waals surface area contributed by atoms with Crippen molar-refractivity contribution < 1.29 is 28.0 Å². The van der Waals surface area contributed by atoms with Crippen molar-refractivity contribution in [3.63, 3.8) is 0 Å². The molecule has 5 amide bonds. The number of anilines is 2. The number of hydrogen-bond acceptors (Lipinski definition) is 9. The predicted octanol–water partition coefficient (Wildman–Crippen LogP) is 4.16. The lowest BCUT2D eigenvalue weighted by atomic mass is 9.97. The highest BCUT2D eigenvalue weighted by Gasteiger charge is 2.35. The zero-order chi connectivity index (χ0) is 44.5. The van der Waals surface area contributed by atoms with Crippen molar-refractivity contribution in [1.29, 1.82) is 5.41 Å². The third-order valence-corrected chi connectivity index (χ3v) is 12.8. The Morgan fingerprint density at radius 3 is 2.49 bits per heavy atom. The molecule has 2 fully saturated rings. The molecule has 2 aromatic heterocycles. The minimum Gasteiger partial charge on any atom is -0.385 e. The summed E-state index contributed by atoms with van der Waals surface area (Å²) in [4.78, 5) is 69.0. The standard InChI is InChI=1S/C44H54F2N12O5/c1-48-43(62)56-19-15-32(31(25-56)41(47)57-20-12-26-21-29(27-23-50-53(2)24-27)30(40(45)46)22-36(26)57)51-28-13-17-55(18-14-28)38(60)9-4-5-16-49-33-7-6-8-34-39(33)54(3)44(63)58(34)35-10-11-37(59)52-42(35)61/h6-8,21-24,28,35,40,47,49,51H,4-5,9-20,25H2,1-3H3,(H,48,62)(H,52,59,61). The first-order valence-corrected chi connectivity index (χ1v) is 21.6. The number of rotatable bonds is 12. The fourth-order valence-electron chi connectivity index (χ4n) is 9.42. The summed E-state index contributed by atoms with van der Waals surface area (Å²) in [5.74, 6) is -0.565. The zero-order valence-electron chi connectivity index (χ0n) is 35.8. The summed E-state index contributed by atoms with van der Waals surface area (Å²) < 4.78 is 33.6. The van der Waals surface area contributed by atoms with Gasteiger partial charge in [0.25, 0.3) is 6.43 Å². The van der Waals surface area contributed by atoms with Gasteiger partial charge in [0, 0.05) is 113 Å². The van der Waals surface area contributed by atoms with Gasteiger partial charge in [-0.1, -0.05) is 6.07 Å². The monoisotopic (exact) mass is 868 g/mol. The summed E-state index contributed by atoms with van der Waals surface area (Å²) in [5.41, 5.74) is 5.54. The van der Waals surface area contributed by atoms with Crippen molar-refractivity contribution in [3.8, 4) is 11.1 Å². The van der Waals surface area contributed by atoms with Crippen LogP contribution in [0.15, 0.2) is 58.8 Å². The normalized spacial score (nSPS) is 18.3. The molecular weight excluding hydrogens is 815 g/mol. The van der Waals surface area contributed by atoms with Gasteiger partial charge in [0.15, 0.2) is 0 Å². The van der Waals surface area contributed by atoms with Gasteiger partial charge in [-0.15, -0.1) is 0 Å². The number of imidazole rings is 1. The number of amidine groups is 1. The fraction of sp³-hybridized carbons (Fsp3) is 0.477. The lowest BCUT2D eigenvalue weighted by Gasteiger charge is -2.37. The maximum atomic E-state index is 14.5. The van der Waals surface area contributed by atoms with Crippen molar-refractivity contribution in [2.75, 3.05) is 56.5 Å². The number of aromatic nitrogens is 4. The van der Waals surface area contributed by atoms with Crippen LogP contribution >= 0.6 is 0 Å². The number of piperidine rings is 2. The molecule has 19 heteroatoms. The van der Waals surface area contributed by atoms with Gasteiger partial charge in [0.2, 0.25) is 17.7 Å². The molecule has 2 saturated heterocycles. The smallest absolute Gasteiger partial charge is 0.329 e. The van der Waals surface area contributed by atoms with Crippen LogP contribution in [0.2, 0.25) is 0 Å². The number of nitrogens with one attached hydrogen (secondary N) is 5. The van der Waals surface area contributed by atoms with Gasteiger partial charge in [-0.3, -0.25) is 38.9 Å². The lowest BCUT2D eigenvalue weighted by molar-refractivity contribution is -0.136. The van der Waals surface area contributed by atoms with E-state index in [4.69, 9.17) is 0 Å². The van der Waals surface area contributed by atoms with Crippen LogP contribution in [0.1, 0.15) is 75.0 Å². The second-order valence-electron chi connectivity index (χ2n) is 16.7. The number of halogens is 2. The molecule has 0 aliphatic carbocycles. The first-order chi connectivity index (χ1) is 30.3. The quantitative estimate of drug-likeness (QED) is 0.0602. The molecule has 6 heterocycles. The Balaban J connectivity index is 0.869. The van der Waals surface area contributed by atoms with E-state index in [0.717, 1.165) is 16.9 Å². The van der Waals surface area contributed by atoms with Crippen molar-refractivity contribution in [2.24, 2.45) is 14.1 Å². The Kier molecular flexibility index (Phi) is 12.4. The minimum atomic E-state index is -2.73. The van der Waals surface area contributed by atoms with E-state index in [0.29, 0.717) is 111 Å². The third-order valence-electron chi connectivity index (χ3n) is 12.8. The number of carbonyl (C=O) groups is 4. The predicted molar refractivity (Wildman–Crippen MR) is 234 cm³/mol. The summed E-state index contributed by atoms with van der Waals surface area (Å²) in [5, 5.41) is 25.7. The van der Waals surface area contributed by atoms with Crippen molar-refractivity contribution >= 4 is 52.0 Å². The molecule has 4 aromatic rings. The number of hydrogen-bond donors (Lipinski definition) is 5. The number of carbonyl (C=O) groups excluding carboxylic acids is 4. The van der Waals surface area contributed by atoms with Gasteiger partial charge in [0.1, 0.15) is 11.9 Å².